The van der Waals surface area contributed by atoms with Crippen molar-refractivity contribution in [2.45, 2.75) is 36.8 Å². The number of aliphatic carboxylic acids is 1. The van der Waals surface area contributed by atoms with Gasteiger partial charge in [0.1, 0.15) is 11.9 Å². The summed E-state index contributed by atoms with van der Waals surface area (Å²) < 4.78 is 20.7. The average molecular weight is 503 g/mol. The molecular weight excluding hydrogens is 471 g/mol. The molecule has 1 aliphatic heterocycles. The summed E-state index contributed by atoms with van der Waals surface area (Å²) >= 11 is 3.55. The van der Waals surface area contributed by atoms with Gasteiger partial charge in [0.2, 0.25) is 0 Å². The molecule has 0 bridgehead atoms. The van der Waals surface area contributed by atoms with Crippen molar-refractivity contribution in [3.05, 3.63) is 52.9 Å². The highest BCUT2D eigenvalue weighted by molar-refractivity contribution is 7.99. The van der Waals surface area contributed by atoms with Gasteiger partial charge >= 0.3 is 5.97 Å². The second-order valence-corrected chi connectivity index (χ2v) is 10.7. The first-order valence-corrected chi connectivity index (χ1v) is 13.6. The number of alkyl halides is 1. The summed E-state index contributed by atoms with van der Waals surface area (Å²) in [6, 6.07) is 9.32. The first-order valence-electron chi connectivity index (χ1n) is 11.7. The van der Waals surface area contributed by atoms with Crippen LogP contribution >= 0.6 is 23.1 Å². The number of aromatic nitrogens is 1. The molecule has 3 heterocycles. The fourth-order valence-electron chi connectivity index (χ4n) is 4.77. The van der Waals surface area contributed by atoms with E-state index in [4.69, 9.17) is 4.74 Å². The van der Waals surface area contributed by atoms with Crippen LogP contribution < -0.4 is 4.74 Å². The van der Waals surface area contributed by atoms with Crippen molar-refractivity contribution in [1.82, 2.24) is 9.88 Å². The number of rotatable bonds is 11. The number of fused-ring (bicyclic) bond motifs is 1. The van der Waals surface area contributed by atoms with Gasteiger partial charge in [-0.1, -0.05) is 0 Å². The van der Waals surface area contributed by atoms with E-state index >= 15 is 4.39 Å². The number of carboxylic acids is 1. The zero-order valence-corrected chi connectivity index (χ0v) is 21.0. The molecular formula is C26H31FN2O3S2. The number of pyridine rings is 1. The Bertz CT molecular complexity index is 1080. The second-order valence-electron chi connectivity index (χ2n) is 8.78. The summed E-state index contributed by atoms with van der Waals surface area (Å²) in [4.78, 5) is 19.9. The van der Waals surface area contributed by atoms with E-state index in [0.717, 1.165) is 42.6 Å². The number of thiophene rings is 1. The smallest absolute Gasteiger partial charge is 0.308 e. The topological polar surface area (TPSA) is 62.7 Å². The third-order valence-electron chi connectivity index (χ3n) is 6.65. The number of methoxy groups -OCH3 is 1. The zero-order chi connectivity index (χ0) is 23.9. The largest absolute Gasteiger partial charge is 0.497 e. The number of halogens is 1. The Kier molecular flexibility index (Phi) is 8.80. The summed E-state index contributed by atoms with van der Waals surface area (Å²) in [6.45, 7) is 2.34. The Morgan fingerprint density at radius 1 is 1.38 bits per heavy atom. The van der Waals surface area contributed by atoms with E-state index in [1.807, 2.05) is 30.0 Å². The quantitative estimate of drug-likeness (QED) is 0.245. The Balaban J connectivity index is 1.31. The monoisotopic (exact) mass is 502 g/mol. The van der Waals surface area contributed by atoms with E-state index in [1.165, 1.54) is 4.90 Å². The highest BCUT2D eigenvalue weighted by Crippen LogP contribution is 2.35. The van der Waals surface area contributed by atoms with Crippen molar-refractivity contribution in [3.8, 4) is 5.75 Å². The Labute approximate surface area is 208 Å². The zero-order valence-electron chi connectivity index (χ0n) is 19.4. The molecule has 0 radical (unpaired) electrons. The molecule has 0 aliphatic carbocycles. The van der Waals surface area contributed by atoms with Crippen molar-refractivity contribution in [2.75, 3.05) is 32.5 Å². The number of ether oxygens (including phenoxy) is 1. The normalized spacial score (nSPS) is 19.8. The minimum atomic E-state index is -1.17. The molecule has 4 rings (SSSR count). The van der Waals surface area contributed by atoms with Crippen LogP contribution in [0.3, 0.4) is 0 Å². The minimum Gasteiger partial charge on any atom is -0.497 e. The lowest BCUT2D eigenvalue weighted by atomic mass is 9.81. The van der Waals surface area contributed by atoms with Crippen LogP contribution in [-0.4, -0.2) is 53.5 Å². The molecule has 0 spiro atoms. The maximum absolute atomic E-state index is 15.4. The van der Waals surface area contributed by atoms with E-state index in [1.54, 1.807) is 30.7 Å². The maximum atomic E-state index is 15.4. The molecule has 1 N–H and O–H groups in total. The van der Waals surface area contributed by atoms with Crippen LogP contribution in [-0.2, 0) is 4.79 Å². The number of carbonyl (C=O) groups is 1. The molecule has 3 atom stereocenters. The number of hydrogen-bond donors (Lipinski definition) is 1. The third-order valence-corrected chi connectivity index (χ3v) is 8.56. The molecule has 1 saturated heterocycles. The minimum absolute atomic E-state index is 0.00480. The Hall–Kier alpha value is -2.16. The van der Waals surface area contributed by atoms with Crippen LogP contribution in [0.2, 0.25) is 0 Å². The summed E-state index contributed by atoms with van der Waals surface area (Å²) in [5.74, 6) is 0.482. The summed E-state index contributed by atoms with van der Waals surface area (Å²) in [6.07, 6.45) is 3.16. The second kappa shape index (κ2) is 12.0. The van der Waals surface area contributed by atoms with Crippen molar-refractivity contribution >= 4 is 40.0 Å². The average Bonchev–Trinajstić information content (AvgIpc) is 3.38. The number of nitrogens with zero attached hydrogens (tertiary/aromatic N) is 2. The van der Waals surface area contributed by atoms with E-state index in [-0.39, 0.29) is 5.92 Å². The van der Waals surface area contributed by atoms with Crippen LogP contribution in [0.15, 0.2) is 52.2 Å². The van der Waals surface area contributed by atoms with Crippen LogP contribution in [0.5, 0.6) is 5.75 Å². The van der Waals surface area contributed by atoms with E-state index < -0.39 is 18.1 Å². The predicted molar refractivity (Wildman–Crippen MR) is 137 cm³/mol. The number of benzene rings is 1. The molecule has 1 fully saturated rings. The standard InChI is InChI=1S/C26H31FN2O3S2/c1-32-19-4-6-25-22(15-19)21(7-10-28-25)24(27)5-3-18-8-12-29(16-23(18)26(30)31)11-2-13-34-20-9-14-33-17-20/h4,6-7,9-10,14-15,17-18,23-24H,2-3,5,8,11-13,16H2,1H3,(H,30,31)/t18-,23+,24-/m1/s1. The van der Waals surface area contributed by atoms with Gasteiger partial charge in [0.15, 0.2) is 0 Å². The lowest BCUT2D eigenvalue weighted by molar-refractivity contribution is -0.146. The molecule has 34 heavy (non-hydrogen) atoms. The van der Waals surface area contributed by atoms with Crippen LogP contribution in [0.1, 0.15) is 37.4 Å². The van der Waals surface area contributed by atoms with Gasteiger partial charge in [-0.25, -0.2) is 4.39 Å². The van der Waals surface area contributed by atoms with Crippen LogP contribution in [0.4, 0.5) is 4.39 Å². The highest BCUT2D eigenvalue weighted by atomic mass is 32.2. The third kappa shape index (κ3) is 6.29. The summed E-state index contributed by atoms with van der Waals surface area (Å²) in [7, 11) is 1.59. The molecule has 8 heteroatoms. The molecule has 182 valence electrons. The maximum Gasteiger partial charge on any atom is 0.308 e. The van der Waals surface area contributed by atoms with Gasteiger partial charge in [0.25, 0.3) is 0 Å². The predicted octanol–water partition coefficient (Wildman–Crippen LogP) is 6.30. The number of hydrogen-bond acceptors (Lipinski definition) is 6. The molecule has 2 aromatic heterocycles. The molecule has 0 amide bonds. The van der Waals surface area contributed by atoms with Crippen molar-refractivity contribution in [2.24, 2.45) is 11.8 Å². The van der Waals surface area contributed by atoms with Gasteiger partial charge in [-0.05, 0) is 91.7 Å². The van der Waals surface area contributed by atoms with Gasteiger partial charge in [0.05, 0.1) is 18.5 Å². The van der Waals surface area contributed by atoms with E-state index in [2.05, 4.69) is 26.7 Å². The van der Waals surface area contributed by atoms with Crippen LogP contribution in [0, 0.1) is 11.8 Å². The number of carboxylic acid groups (broad SMARTS) is 1. The molecule has 0 saturated carbocycles. The lowest BCUT2D eigenvalue weighted by Crippen LogP contribution is -2.44. The number of likely N-dealkylation sites (tertiary alicyclic amines) is 1. The highest BCUT2D eigenvalue weighted by Gasteiger charge is 2.34. The van der Waals surface area contributed by atoms with Crippen molar-refractivity contribution in [1.29, 1.82) is 0 Å². The Morgan fingerprint density at radius 3 is 3.03 bits per heavy atom. The molecule has 5 nitrogen and oxygen atoms in total. The molecule has 3 aromatic rings. The lowest BCUT2D eigenvalue weighted by Gasteiger charge is -2.36. The molecule has 1 aliphatic rings. The van der Waals surface area contributed by atoms with Gasteiger partial charge in [-0.3, -0.25) is 9.78 Å². The van der Waals surface area contributed by atoms with Gasteiger partial charge in [0, 0.05) is 28.4 Å². The van der Waals surface area contributed by atoms with E-state index in [0.29, 0.717) is 30.7 Å². The van der Waals surface area contributed by atoms with Gasteiger partial charge in [-0.2, -0.15) is 11.3 Å². The molecule has 1 aromatic carbocycles. The number of piperidine rings is 1. The SMILES string of the molecule is COc1ccc2nccc([C@H](F)CC[C@@H]3CCN(CCCSc4ccsc4)C[C@@H]3C(=O)O)c2c1. The fraction of sp³-hybridized carbons (Fsp3) is 0.462. The molecule has 0 unspecified atom stereocenters. The van der Waals surface area contributed by atoms with Gasteiger partial charge < -0.3 is 14.7 Å². The number of thioether (sulfide) groups is 1. The first kappa shape index (κ1) is 24.9. The first-order chi connectivity index (χ1) is 16.5. The summed E-state index contributed by atoms with van der Waals surface area (Å²) in [5, 5.41) is 14.8. The van der Waals surface area contributed by atoms with Crippen molar-refractivity contribution in [3.63, 3.8) is 0 Å². The van der Waals surface area contributed by atoms with Crippen LogP contribution in [0.25, 0.3) is 10.9 Å². The summed E-state index contributed by atoms with van der Waals surface area (Å²) in [5.41, 5.74) is 1.33. The van der Waals surface area contributed by atoms with Gasteiger partial charge in [-0.15, -0.1) is 11.8 Å². The van der Waals surface area contributed by atoms with E-state index in [9.17, 15) is 9.90 Å². The fourth-order valence-corrected chi connectivity index (χ4v) is 6.49. The Morgan fingerprint density at radius 2 is 2.26 bits per heavy atom. The van der Waals surface area contributed by atoms with Crippen molar-refractivity contribution < 1.29 is 19.0 Å².